The van der Waals surface area contributed by atoms with E-state index in [9.17, 15) is 18.0 Å². The van der Waals surface area contributed by atoms with E-state index in [2.05, 4.69) is 6.58 Å². The predicted octanol–water partition coefficient (Wildman–Crippen LogP) is 2.57. The highest BCUT2D eigenvalue weighted by molar-refractivity contribution is 7.87. The van der Waals surface area contributed by atoms with Crippen molar-refractivity contribution in [3.05, 3.63) is 12.7 Å². The Morgan fingerprint density at radius 3 is 2.04 bits per heavy atom. The minimum Gasteiger partial charge on any atom is -0.481 e. The largest absolute Gasteiger partial charge is 0.481 e. The topological polar surface area (TPSA) is 118 Å². The molecule has 134 valence electrons. The number of carboxylic acid groups (broad SMARTS) is 1. The first kappa shape index (κ1) is 21.6. The van der Waals surface area contributed by atoms with Gasteiger partial charge in [-0.25, -0.2) is 0 Å². The zero-order valence-electron chi connectivity index (χ0n) is 13.3. The van der Waals surface area contributed by atoms with Gasteiger partial charge >= 0.3 is 11.9 Å². The number of unbranched alkanes of at least 4 members (excludes halogenated alkanes) is 7. The van der Waals surface area contributed by atoms with E-state index >= 15 is 0 Å². The van der Waals surface area contributed by atoms with Gasteiger partial charge < -0.3 is 9.84 Å². The lowest BCUT2D eigenvalue weighted by Gasteiger charge is -2.11. The molecule has 8 heteroatoms. The Morgan fingerprint density at radius 2 is 1.57 bits per heavy atom. The van der Waals surface area contributed by atoms with Gasteiger partial charge in [-0.1, -0.05) is 38.2 Å². The summed E-state index contributed by atoms with van der Waals surface area (Å²) in [7, 11) is -4.78. The van der Waals surface area contributed by atoms with Crippen molar-refractivity contribution in [2.45, 2.75) is 63.0 Å². The minimum absolute atomic E-state index is 0.0148. The van der Waals surface area contributed by atoms with E-state index in [1.165, 1.54) is 0 Å². The Hall–Kier alpha value is -1.41. The summed E-state index contributed by atoms with van der Waals surface area (Å²) in [6.07, 6.45) is 8.83. The van der Waals surface area contributed by atoms with E-state index in [1.54, 1.807) is 0 Å². The average Bonchev–Trinajstić information content (AvgIpc) is 2.45. The predicted molar refractivity (Wildman–Crippen MR) is 85.7 cm³/mol. The van der Waals surface area contributed by atoms with Gasteiger partial charge in [-0.05, 0) is 19.3 Å². The molecule has 0 fully saturated rings. The van der Waals surface area contributed by atoms with Gasteiger partial charge in [-0.15, -0.1) is 6.58 Å². The molecule has 0 aliphatic rings. The third-order valence-corrected chi connectivity index (χ3v) is 4.36. The second kappa shape index (κ2) is 12.1. The molecule has 0 rings (SSSR count). The monoisotopic (exact) mass is 350 g/mol. The van der Waals surface area contributed by atoms with Crippen LogP contribution in [-0.4, -0.2) is 41.9 Å². The summed E-state index contributed by atoms with van der Waals surface area (Å²) in [5.74, 6) is -2.72. The molecule has 7 nitrogen and oxygen atoms in total. The quantitative estimate of drug-likeness (QED) is 0.214. The molecule has 0 aromatic heterocycles. The first-order valence-corrected chi connectivity index (χ1v) is 9.25. The first-order valence-electron chi connectivity index (χ1n) is 7.74. The molecule has 0 heterocycles. The summed E-state index contributed by atoms with van der Waals surface area (Å²) in [5, 5.41) is 6.49. The molecule has 0 amide bonds. The lowest BCUT2D eigenvalue weighted by atomic mass is 10.1. The number of hydrogen-bond acceptors (Lipinski definition) is 5. The first-order chi connectivity index (χ1) is 10.8. The Balaban J connectivity index is 3.83. The third-order valence-electron chi connectivity index (χ3n) is 3.28. The molecule has 0 saturated carbocycles. The summed E-state index contributed by atoms with van der Waals surface area (Å²) < 4.78 is 35.6. The fraction of sp³-hybridized carbons (Fsp3) is 0.733. The van der Waals surface area contributed by atoms with E-state index in [0.717, 1.165) is 44.9 Å². The maximum Gasteiger partial charge on any atom is 0.327 e. The summed E-state index contributed by atoms with van der Waals surface area (Å²) in [4.78, 5) is 22.0. The van der Waals surface area contributed by atoms with Crippen molar-refractivity contribution in [3.8, 4) is 0 Å². The van der Waals surface area contributed by atoms with Gasteiger partial charge in [0.1, 0.15) is 0 Å². The number of ether oxygens (including phenoxy) is 1. The Labute approximate surface area is 137 Å². The molecule has 2 N–H and O–H groups in total. The molecule has 0 spiro atoms. The minimum atomic E-state index is -4.78. The maximum atomic E-state index is 11.5. The van der Waals surface area contributed by atoms with E-state index in [4.69, 9.17) is 14.4 Å². The second-order valence-electron chi connectivity index (χ2n) is 5.32. The molecule has 1 atom stereocenters. The molecule has 23 heavy (non-hydrogen) atoms. The molecule has 0 aliphatic heterocycles. The SMILES string of the molecule is C=CCCCCCCCCCOC(=O)C(CC(=O)O)S(=O)(=O)O. The van der Waals surface area contributed by atoms with Crippen LogP contribution < -0.4 is 0 Å². The van der Waals surface area contributed by atoms with Crippen molar-refractivity contribution in [1.29, 1.82) is 0 Å². The molecular weight excluding hydrogens is 324 g/mol. The van der Waals surface area contributed by atoms with Crippen LogP contribution in [0.15, 0.2) is 12.7 Å². The number of aliphatic carboxylic acids is 1. The normalized spacial score (nSPS) is 12.6. The van der Waals surface area contributed by atoms with Crippen LogP contribution in [0.3, 0.4) is 0 Å². The zero-order chi connectivity index (χ0) is 17.7. The van der Waals surface area contributed by atoms with Crippen LogP contribution in [-0.2, 0) is 24.4 Å². The number of allylic oxidation sites excluding steroid dienone is 1. The highest BCUT2D eigenvalue weighted by atomic mass is 32.2. The van der Waals surface area contributed by atoms with Crippen LogP contribution in [0.2, 0.25) is 0 Å². The van der Waals surface area contributed by atoms with Gasteiger partial charge in [0, 0.05) is 0 Å². The van der Waals surface area contributed by atoms with Crippen LogP contribution in [0.4, 0.5) is 0 Å². The summed E-state index contributed by atoms with van der Waals surface area (Å²) in [5.41, 5.74) is 0. The lowest BCUT2D eigenvalue weighted by molar-refractivity contribution is -0.147. The Kier molecular flexibility index (Phi) is 11.3. The van der Waals surface area contributed by atoms with Gasteiger partial charge in [-0.3, -0.25) is 14.1 Å². The number of hydrogen-bond donors (Lipinski definition) is 2. The van der Waals surface area contributed by atoms with Gasteiger partial charge in [0.05, 0.1) is 13.0 Å². The van der Waals surface area contributed by atoms with Crippen LogP contribution in [0.1, 0.15) is 57.8 Å². The van der Waals surface area contributed by atoms with Gasteiger partial charge in [-0.2, -0.15) is 8.42 Å². The van der Waals surface area contributed by atoms with Crippen molar-refractivity contribution in [3.63, 3.8) is 0 Å². The van der Waals surface area contributed by atoms with Crippen LogP contribution >= 0.6 is 0 Å². The number of carbonyl (C=O) groups excluding carboxylic acids is 1. The van der Waals surface area contributed by atoms with E-state index < -0.39 is 33.7 Å². The fourth-order valence-corrected chi connectivity index (χ4v) is 2.67. The molecule has 0 aromatic rings. The highest BCUT2D eigenvalue weighted by Crippen LogP contribution is 2.10. The lowest BCUT2D eigenvalue weighted by Crippen LogP contribution is -2.34. The Morgan fingerprint density at radius 1 is 1.04 bits per heavy atom. The molecule has 0 bridgehead atoms. The van der Waals surface area contributed by atoms with E-state index in [1.807, 2.05) is 6.08 Å². The van der Waals surface area contributed by atoms with Gasteiger partial charge in [0.15, 0.2) is 5.25 Å². The highest BCUT2D eigenvalue weighted by Gasteiger charge is 2.34. The number of carbonyl (C=O) groups is 2. The van der Waals surface area contributed by atoms with Crippen molar-refractivity contribution in [2.75, 3.05) is 6.61 Å². The number of esters is 1. The van der Waals surface area contributed by atoms with Gasteiger partial charge in [0.2, 0.25) is 0 Å². The van der Waals surface area contributed by atoms with E-state index in [0.29, 0.717) is 6.42 Å². The van der Waals surface area contributed by atoms with Crippen molar-refractivity contribution in [1.82, 2.24) is 0 Å². The van der Waals surface area contributed by atoms with Gasteiger partial charge in [0.25, 0.3) is 10.1 Å². The van der Waals surface area contributed by atoms with Crippen LogP contribution in [0, 0.1) is 0 Å². The molecule has 0 saturated heterocycles. The summed E-state index contributed by atoms with van der Waals surface area (Å²) in [6, 6.07) is 0. The maximum absolute atomic E-state index is 11.5. The number of carboxylic acids is 1. The average molecular weight is 350 g/mol. The Bertz CT molecular complexity index is 470. The molecule has 1 unspecified atom stereocenters. The molecule has 0 radical (unpaired) electrons. The molecule has 0 aliphatic carbocycles. The number of rotatable bonds is 14. The zero-order valence-corrected chi connectivity index (χ0v) is 14.1. The summed E-state index contributed by atoms with van der Waals surface area (Å²) in [6.45, 7) is 3.67. The van der Waals surface area contributed by atoms with Crippen LogP contribution in [0.5, 0.6) is 0 Å². The standard InChI is InChI=1S/C15H26O7S/c1-2-3-4-5-6-7-8-9-10-11-22-15(18)13(12-14(16)17)23(19,20)21/h2,13H,1,3-12H2,(H,16,17)(H,19,20,21). The smallest absolute Gasteiger partial charge is 0.327 e. The molecular formula is C15H26O7S. The second-order valence-corrected chi connectivity index (χ2v) is 6.92. The van der Waals surface area contributed by atoms with Crippen molar-refractivity contribution < 1.29 is 32.4 Å². The van der Waals surface area contributed by atoms with Crippen molar-refractivity contribution >= 4 is 22.1 Å². The van der Waals surface area contributed by atoms with Crippen LogP contribution in [0.25, 0.3) is 0 Å². The fourth-order valence-electron chi connectivity index (χ4n) is 2.01. The summed E-state index contributed by atoms with van der Waals surface area (Å²) >= 11 is 0. The molecule has 0 aromatic carbocycles. The third kappa shape index (κ3) is 11.8. The van der Waals surface area contributed by atoms with E-state index in [-0.39, 0.29) is 6.61 Å². The van der Waals surface area contributed by atoms with Crippen molar-refractivity contribution in [2.24, 2.45) is 0 Å².